The molecule has 0 aromatic carbocycles. The van der Waals surface area contributed by atoms with Gasteiger partial charge in [-0.3, -0.25) is 14.3 Å². The van der Waals surface area contributed by atoms with E-state index in [4.69, 9.17) is 0 Å². The van der Waals surface area contributed by atoms with E-state index >= 15 is 0 Å². The van der Waals surface area contributed by atoms with Crippen molar-refractivity contribution in [3.63, 3.8) is 0 Å². The lowest BCUT2D eigenvalue weighted by molar-refractivity contribution is -0.130. The molecule has 2 aliphatic heterocycles. The molecule has 7 heteroatoms. The maximum Gasteiger partial charge on any atom is 0.252 e. The van der Waals surface area contributed by atoms with Crippen molar-refractivity contribution >= 4 is 23.5 Å². The third-order valence-corrected chi connectivity index (χ3v) is 3.84. The van der Waals surface area contributed by atoms with Crippen LogP contribution in [0.5, 0.6) is 0 Å². The number of amidine groups is 1. The number of carbonyl (C=O) groups excluding carboxylic acids is 2. The number of carbonyl (C=O) groups is 2. The fourth-order valence-corrected chi connectivity index (χ4v) is 2.66. The summed E-state index contributed by atoms with van der Waals surface area (Å²) in [5.74, 6) is 0.510. The number of hydrogen-bond acceptors (Lipinski definition) is 4. The molecular weight excluding hydrogens is 282 g/mol. The molecule has 7 nitrogen and oxygen atoms in total. The van der Waals surface area contributed by atoms with Gasteiger partial charge in [-0.05, 0) is 26.0 Å². The minimum absolute atomic E-state index is 0.0251. The number of aliphatic imine (C=N–C) groups is 1. The zero-order valence-corrected chi connectivity index (χ0v) is 12.7. The second-order valence-corrected chi connectivity index (χ2v) is 5.63. The van der Waals surface area contributed by atoms with Crippen LogP contribution in [0.2, 0.25) is 0 Å². The number of fused-ring (bicyclic) bond motifs is 1. The molecule has 2 amide bonds. The SMILES string of the molecule is Cc1cc(NC(=O)C2(C)CC(=O)N=C3C=CC=CN32)n(C)n1. The average Bonchev–Trinajstić information content (AvgIpc) is 2.76. The van der Waals surface area contributed by atoms with Crippen molar-refractivity contribution in [1.29, 1.82) is 0 Å². The van der Waals surface area contributed by atoms with Gasteiger partial charge in [0.1, 0.15) is 17.2 Å². The lowest BCUT2D eigenvalue weighted by atomic mass is 9.91. The lowest BCUT2D eigenvalue weighted by Gasteiger charge is -2.41. The van der Waals surface area contributed by atoms with Gasteiger partial charge in [-0.25, -0.2) is 0 Å². The summed E-state index contributed by atoms with van der Waals surface area (Å²) < 4.78 is 1.60. The van der Waals surface area contributed by atoms with Crippen molar-refractivity contribution in [3.05, 3.63) is 36.2 Å². The Hall–Kier alpha value is -2.70. The van der Waals surface area contributed by atoms with E-state index in [0.29, 0.717) is 11.7 Å². The lowest BCUT2D eigenvalue weighted by Crippen LogP contribution is -2.58. The molecule has 1 atom stereocenters. The summed E-state index contributed by atoms with van der Waals surface area (Å²) in [6, 6.07) is 1.78. The van der Waals surface area contributed by atoms with Gasteiger partial charge < -0.3 is 10.2 Å². The molecule has 0 saturated heterocycles. The van der Waals surface area contributed by atoms with Crippen molar-refractivity contribution in [2.24, 2.45) is 12.0 Å². The maximum atomic E-state index is 12.8. The number of aryl methyl sites for hydroxylation is 2. The summed E-state index contributed by atoms with van der Waals surface area (Å²) >= 11 is 0. The number of hydrogen-bond donors (Lipinski definition) is 1. The quantitative estimate of drug-likeness (QED) is 0.888. The molecule has 0 saturated carbocycles. The first-order valence-corrected chi connectivity index (χ1v) is 6.98. The first-order valence-electron chi connectivity index (χ1n) is 6.98. The van der Waals surface area contributed by atoms with Gasteiger partial charge in [-0.15, -0.1) is 0 Å². The first kappa shape index (κ1) is 14.2. The molecule has 1 aromatic heterocycles. The fraction of sp³-hybridized carbons (Fsp3) is 0.333. The predicted molar refractivity (Wildman–Crippen MR) is 82.2 cm³/mol. The molecule has 1 aromatic rings. The van der Waals surface area contributed by atoms with Crippen LogP contribution in [0.15, 0.2) is 35.5 Å². The smallest absolute Gasteiger partial charge is 0.252 e. The van der Waals surface area contributed by atoms with Gasteiger partial charge in [0.15, 0.2) is 0 Å². The van der Waals surface area contributed by atoms with E-state index in [0.717, 1.165) is 5.69 Å². The Bertz CT molecular complexity index is 743. The summed E-state index contributed by atoms with van der Waals surface area (Å²) in [5, 5.41) is 7.05. The highest BCUT2D eigenvalue weighted by Gasteiger charge is 2.45. The zero-order valence-electron chi connectivity index (χ0n) is 12.7. The van der Waals surface area contributed by atoms with E-state index in [1.54, 1.807) is 48.0 Å². The van der Waals surface area contributed by atoms with Gasteiger partial charge in [0, 0.05) is 19.3 Å². The van der Waals surface area contributed by atoms with Gasteiger partial charge in [0.25, 0.3) is 11.8 Å². The highest BCUT2D eigenvalue weighted by atomic mass is 16.2. The number of anilines is 1. The van der Waals surface area contributed by atoms with Crippen LogP contribution in [-0.4, -0.2) is 37.9 Å². The summed E-state index contributed by atoms with van der Waals surface area (Å²) in [6.45, 7) is 3.59. The minimum Gasteiger partial charge on any atom is -0.317 e. The number of rotatable bonds is 2. The van der Waals surface area contributed by atoms with Crippen LogP contribution in [-0.2, 0) is 16.6 Å². The molecule has 3 rings (SSSR count). The first-order chi connectivity index (χ1) is 10.4. The van der Waals surface area contributed by atoms with E-state index in [-0.39, 0.29) is 18.2 Å². The van der Waals surface area contributed by atoms with Crippen LogP contribution >= 0.6 is 0 Å². The Morgan fingerprint density at radius 2 is 2.18 bits per heavy atom. The number of nitrogens with zero attached hydrogens (tertiary/aromatic N) is 4. The number of aromatic nitrogens is 2. The normalized spacial score (nSPS) is 23.3. The van der Waals surface area contributed by atoms with Crippen LogP contribution in [0.1, 0.15) is 19.0 Å². The standard InChI is InChI=1S/C15H17N5O2/c1-10-8-12(19(3)18-10)17-14(22)15(2)9-13(21)16-11-6-4-5-7-20(11)15/h4-8H,9H2,1-3H3,(H,17,22). The number of allylic oxidation sites excluding steroid dienone is 2. The molecule has 0 aliphatic carbocycles. The summed E-state index contributed by atoms with van der Waals surface area (Å²) in [4.78, 5) is 30.4. The molecule has 1 N–H and O–H groups in total. The van der Waals surface area contributed by atoms with Gasteiger partial charge in [-0.1, -0.05) is 6.08 Å². The monoisotopic (exact) mass is 299 g/mol. The molecule has 0 fully saturated rings. The third kappa shape index (κ3) is 2.24. The van der Waals surface area contributed by atoms with Crippen LogP contribution < -0.4 is 5.32 Å². The van der Waals surface area contributed by atoms with Crippen LogP contribution in [0.25, 0.3) is 0 Å². The zero-order chi connectivity index (χ0) is 15.9. The summed E-state index contributed by atoms with van der Waals surface area (Å²) in [5.41, 5.74) is -0.209. The summed E-state index contributed by atoms with van der Waals surface area (Å²) in [6.07, 6.45) is 7.11. The van der Waals surface area contributed by atoms with Crippen molar-refractivity contribution in [2.45, 2.75) is 25.8 Å². The molecule has 3 heterocycles. The topological polar surface area (TPSA) is 79.6 Å². The van der Waals surface area contributed by atoms with E-state index in [1.807, 2.05) is 13.0 Å². The Kier molecular flexibility index (Phi) is 3.20. The van der Waals surface area contributed by atoms with E-state index in [2.05, 4.69) is 15.4 Å². The Balaban J connectivity index is 1.92. The van der Waals surface area contributed by atoms with Crippen molar-refractivity contribution in [1.82, 2.24) is 14.7 Å². The minimum atomic E-state index is -1.02. The molecule has 22 heavy (non-hydrogen) atoms. The Morgan fingerprint density at radius 3 is 2.86 bits per heavy atom. The van der Waals surface area contributed by atoms with E-state index in [9.17, 15) is 9.59 Å². The Labute approximate surface area is 128 Å². The highest BCUT2D eigenvalue weighted by Crippen LogP contribution is 2.29. The second-order valence-electron chi connectivity index (χ2n) is 5.63. The molecule has 0 spiro atoms. The molecule has 2 aliphatic rings. The van der Waals surface area contributed by atoms with Gasteiger partial charge in [0.2, 0.25) is 0 Å². The van der Waals surface area contributed by atoms with Gasteiger partial charge in [0.05, 0.1) is 12.1 Å². The fourth-order valence-electron chi connectivity index (χ4n) is 2.66. The summed E-state index contributed by atoms with van der Waals surface area (Å²) in [7, 11) is 1.76. The maximum absolute atomic E-state index is 12.8. The van der Waals surface area contributed by atoms with Crippen LogP contribution in [0, 0.1) is 6.92 Å². The van der Waals surface area contributed by atoms with Crippen molar-refractivity contribution in [3.8, 4) is 0 Å². The van der Waals surface area contributed by atoms with Crippen molar-refractivity contribution in [2.75, 3.05) is 5.32 Å². The van der Waals surface area contributed by atoms with Crippen LogP contribution in [0.4, 0.5) is 5.82 Å². The Morgan fingerprint density at radius 1 is 1.41 bits per heavy atom. The molecule has 1 unspecified atom stereocenters. The average molecular weight is 299 g/mol. The molecule has 114 valence electrons. The highest BCUT2D eigenvalue weighted by molar-refractivity contribution is 6.11. The number of nitrogens with one attached hydrogen (secondary N) is 1. The third-order valence-electron chi connectivity index (χ3n) is 3.84. The molecule has 0 bridgehead atoms. The van der Waals surface area contributed by atoms with Gasteiger partial charge in [-0.2, -0.15) is 10.1 Å². The van der Waals surface area contributed by atoms with Crippen molar-refractivity contribution < 1.29 is 9.59 Å². The molecular formula is C15H17N5O2. The second kappa shape index (κ2) is 4.94. The largest absolute Gasteiger partial charge is 0.317 e. The molecule has 0 radical (unpaired) electrons. The van der Waals surface area contributed by atoms with Gasteiger partial charge >= 0.3 is 0 Å². The van der Waals surface area contributed by atoms with Crippen LogP contribution in [0.3, 0.4) is 0 Å². The van der Waals surface area contributed by atoms with E-state index < -0.39 is 5.54 Å². The predicted octanol–water partition coefficient (Wildman–Crippen LogP) is 1.14. The number of amides is 2. The van der Waals surface area contributed by atoms with E-state index in [1.165, 1.54) is 0 Å².